The molecule has 1 saturated heterocycles. The molecular formula is C11H17F3N4. The molecule has 0 radical (unpaired) electrons. The Kier molecular flexibility index (Phi) is 3.91. The van der Waals surface area contributed by atoms with Crippen molar-refractivity contribution in [3.05, 3.63) is 17.5 Å². The predicted molar refractivity (Wildman–Crippen MR) is 60.9 cm³/mol. The van der Waals surface area contributed by atoms with Crippen LogP contribution < -0.4 is 5.32 Å². The van der Waals surface area contributed by atoms with E-state index in [1.165, 1.54) is 0 Å². The van der Waals surface area contributed by atoms with Crippen LogP contribution in [0, 0.1) is 0 Å². The van der Waals surface area contributed by atoms with Crippen molar-refractivity contribution in [1.82, 2.24) is 20.4 Å². The lowest BCUT2D eigenvalue weighted by Crippen LogP contribution is -2.36. The van der Waals surface area contributed by atoms with Crippen LogP contribution in [0.5, 0.6) is 0 Å². The third kappa shape index (κ3) is 3.02. The first-order chi connectivity index (χ1) is 8.50. The first-order valence-electron chi connectivity index (χ1n) is 6.01. The SMILES string of the molecule is CNCC1CCCN1Cc1cc(C(F)(F)F)n[nH]1. The molecule has 7 heteroatoms. The van der Waals surface area contributed by atoms with Gasteiger partial charge in [0, 0.05) is 24.8 Å². The van der Waals surface area contributed by atoms with Gasteiger partial charge in [-0.15, -0.1) is 0 Å². The molecule has 18 heavy (non-hydrogen) atoms. The van der Waals surface area contributed by atoms with E-state index in [0.29, 0.717) is 18.3 Å². The molecule has 1 fully saturated rings. The number of nitrogens with zero attached hydrogens (tertiary/aromatic N) is 2. The Balaban J connectivity index is 1.99. The van der Waals surface area contributed by atoms with Crippen LogP contribution in [-0.4, -0.2) is 41.3 Å². The molecule has 1 aromatic rings. The van der Waals surface area contributed by atoms with Crippen molar-refractivity contribution in [3.63, 3.8) is 0 Å². The van der Waals surface area contributed by atoms with Crippen molar-refractivity contribution in [2.45, 2.75) is 31.6 Å². The zero-order chi connectivity index (χ0) is 13.2. The molecule has 4 nitrogen and oxygen atoms in total. The zero-order valence-corrected chi connectivity index (χ0v) is 10.2. The van der Waals surface area contributed by atoms with Crippen LogP contribution in [-0.2, 0) is 12.7 Å². The van der Waals surface area contributed by atoms with Gasteiger partial charge in [0.1, 0.15) is 0 Å². The van der Waals surface area contributed by atoms with Gasteiger partial charge in [-0.25, -0.2) is 0 Å². The average molecular weight is 262 g/mol. The molecule has 0 aliphatic carbocycles. The molecular weight excluding hydrogens is 245 g/mol. The van der Waals surface area contributed by atoms with E-state index in [2.05, 4.69) is 20.4 Å². The zero-order valence-electron chi connectivity index (χ0n) is 10.2. The number of aromatic amines is 1. The van der Waals surface area contributed by atoms with Gasteiger partial charge in [0.15, 0.2) is 5.69 Å². The second-order valence-corrected chi connectivity index (χ2v) is 4.60. The van der Waals surface area contributed by atoms with E-state index in [0.717, 1.165) is 32.0 Å². The number of halogens is 3. The topological polar surface area (TPSA) is 44.0 Å². The van der Waals surface area contributed by atoms with Gasteiger partial charge in [-0.2, -0.15) is 18.3 Å². The van der Waals surface area contributed by atoms with Crippen molar-refractivity contribution >= 4 is 0 Å². The van der Waals surface area contributed by atoms with Gasteiger partial charge in [-0.3, -0.25) is 10.00 Å². The predicted octanol–water partition coefficient (Wildman–Crippen LogP) is 1.61. The molecule has 1 aliphatic heterocycles. The maximum Gasteiger partial charge on any atom is 0.435 e. The Morgan fingerprint density at radius 3 is 2.94 bits per heavy atom. The minimum atomic E-state index is -4.37. The molecule has 0 bridgehead atoms. The van der Waals surface area contributed by atoms with E-state index in [1.807, 2.05) is 7.05 Å². The third-order valence-electron chi connectivity index (χ3n) is 3.23. The van der Waals surface area contributed by atoms with Crippen molar-refractivity contribution in [1.29, 1.82) is 0 Å². The molecule has 0 amide bonds. The molecule has 1 atom stereocenters. The second kappa shape index (κ2) is 5.27. The fourth-order valence-electron chi connectivity index (χ4n) is 2.38. The Bertz CT molecular complexity index is 388. The summed E-state index contributed by atoms with van der Waals surface area (Å²) in [5, 5.41) is 8.89. The van der Waals surface area contributed by atoms with Crippen LogP contribution in [0.2, 0.25) is 0 Å². The number of likely N-dealkylation sites (N-methyl/N-ethyl adjacent to an activating group) is 1. The Morgan fingerprint density at radius 2 is 2.33 bits per heavy atom. The molecule has 0 aromatic carbocycles. The summed E-state index contributed by atoms with van der Waals surface area (Å²) < 4.78 is 37.2. The van der Waals surface area contributed by atoms with Gasteiger partial charge in [0.2, 0.25) is 0 Å². The number of rotatable bonds is 4. The minimum Gasteiger partial charge on any atom is -0.318 e. The number of aromatic nitrogens is 2. The lowest BCUT2D eigenvalue weighted by atomic mass is 10.2. The van der Waals surface area contributed by atoms with Gasteiger partial charge in [-0.05, 0) is 32.5 Å². The van der Waals surface area contributed by atoms with E-state index in [-0.39, 0.29) is 0 Å². The summed E-state index contributed by atoms with van der Waals surface area (Å²) in [5.41, 5.74) is -0.327. The lowest BCUT2D eigenvalue weighted by Gasteiger charge is -2.23. The smallest absolute Gasteiger partial charge is 0.318 e. The van der Waals surface area contributed by atoms with Gasteiger partial charge in [0.05, 0.1) is 0 Å². The summed E-state index contributed by atoms with van der Waals surface area (Å²) in [6.07, 6.45) is -2.20. The van der Waals surface area contributed by atoms with Crippen LogP contribution in [0.1, 0.15) is 24.2 Å². The van der Waals surface area contributed by atoms with E-state index in [4.69, 9.17) is 0 Å². The largest absolute Gasteiger partial charge is 0.435 e. The summed E-state index contributed by atoms with van der Waals surface area (Å²) in [4.78, 5) is 2.18. The molecule has 1 unspecified atom stereocenters. The van der Waals surface area contributed by atoms with Gasteiger partial charge in [-0.1, -0.05) is 0 Å². The number of likely N-dealkylation sites (tertiary alicyclic amines) is 1. The quantitative estimate of drug-likeness (QED) is 0.866. The molecule has 1 aromatic heterocycles. The fourth-order valence-corrected chi connectivity index (χ4v) is 2.38. The van der Waals surface area contributed by atoms with Crippen LogP contribution in [0.3, 0.4) is 0 Å². The molecule has 1 aliphatic rings. The number of hydrogen-bond donors (Lipinski definition) is 2. The molecule has 102 valence electrons. The van der Waals surface area contributed by atoms with E-state index < -0.39 is 11.9 Å². The maximum absolute atomic E-state index is 12.4. The molecule has 0 spiro atoms. The molecule has 0 saturated carbocycles. The van der Waals surface area contributed by atoms with Crippen molar-refractivity contribution in [3.8, 4) is 0 Å². The third-order valence-corrected chi connectivity index (χ3v) is 3.23. The average Bonchev–Trinajstić information content (AvgIpc) is 2.89. The number of hydrogen-bond acceptors (Lipinski definition) is 3. The summed E-state index contributed by atoms with van der Waals surface area (Å²) in [6, 6.07) is 1.49. The van der Waals surface area contributed by atoms with Crippen molar-refractivity contribution in [2.24, 2.45) is 0 Å². The Morgan fingerprint density at radius 1 is 1.56 bits per heavy atom. The monoisotopic (exact) mass is 262 g/mol. The first kappa shape index (κ1) is 13.4. The number of alkyl halides is 3. The highest BCUT2D eigenvalue weighted by atomic mass is 19.4. The highest BCUT2D eigenvalue weighted by Gasteiger charge is 2.34. The Hall–Kier alpha value is -1.08. The summed E-state index contributed by atoms with van der Waals surface area (Å²) in [7, 11) is 1.88. The second-order valence-electron chi connectivity index (χ2n) is 4.60. The molecule has 2 N–H and O–H groups in total. The standard InChI is InChI=1S/C11H17F3N4/c1-15-6-9-3-2-4-18(9)7-8-5-10(17-16-8)11(12,13)14/h5,9,15H,2-4,6-7H2,1H3,(H,16,17). The summed E-state index contributed by atoms with van der Waals surface area (Å²) >= 11 is 0. The van der Waals surface area contributed by atoms with Gasteiger partial charge < -0.3 is 5.32 Å². The number of nitrogens with one attached hydrogen (secondary N) is 2. The van der Waals surface area contributed by atoms with Crippen molar-refractivity contribution in [2.75, 3.05) is 20.1 Å². The summed E-state index contributed by atoms with van der Waals surface area (Å²) in [6.45, 7) is 2.28. The van der Waals surface area contributed by atoms with E-state index in [1.54, 1.807) is 0 Å². The van der Waals surface area contributed by atoms with Gasteiger partial charge >= 0.3 is 6.18 Å². The highest BCUT2D eigenvalue weighted by molar-refractivity contribution is 5.11. The van der Waals surface area contributed by atoms with Crippen LogP contribution in [0.25, 0.3) is 0 Å². The number of H-pyrrole nitrogens is 1. The normalized spacial score (nSPS) is 21.7. The maximum atomic E-state index is 12.4. The first-order valence-corrected chi connectivity index (χ1v) is 6.01. The molecule has 2 rings (SSSR count). The van der Waals surface area contributed by atoms with Gasteiger partial charge in [0.25, 0.3) is 0 Å². The highest BCUT2D eigenvalue weighted by Crippen LogP contribution is 2.28. The molecule has 2 heterocycles. The van der Waals surface area contributed by atoms with Crippen LogP contribution in [0.4, 0.5) is 13.2 Å². The fraction of sp³-hybridized carbons (Fsp3) is 0.727. The van der Waals surface area contributed by atoms with Crippen LogP contribution in [0.15, 0.2) is 6.07 Å². The lowest BCUT2D eigenvalue weighted by molar-refractivity contribution is -0.141. The van der Waals surface area contributed by atoms with E-state index >= 15 is 0 Å². The van der Waals surface area contributed by atoms with Crippen LogP contribution >= 0.6 is 0 Å². The summed E-state index contributed by atoms with van der Waals surface area (Å²) in [5.74, 6) is 0. The Labute approximate surface area is 104 Å². The van der Waals surface area contributed by atoms with Crippen molar-refractivity contribution < 1.29 is 13.2 Å². The minimum absolute atomic E-state index is 0.396. The van der Waals surface area contributed by atoms with E-state index in [9.17, 15) is 13.2 Å².